The highest BCUT2D eigenvalue weighted by molar-refractivity contribution is 7.90. The number of primary sulfonamides is 1. The predicted molar refractivity (Wildman–Crippen MR) is 217 cm³/mol. The normalized spacial score (nSPS) is 11.0. The predicted octanol–water partition coefficient (Wildman–Crippen LogP) is 7.66. The Kier molecular flexibility index (Phi) is 17.9. The van der Waals surface area contributed by atoms with E-state index >= 15 is 0 Å². The van der Waals surface area contributed by atoms with Gasteiger partial charge in [0.1, 0.15) is 35.2 Å². The fourth-order valence-corrected chi connectivity index (χ4v) is 7.64. The second kappa shape index (κ2) is 21.5. The van der Waals surface area contributed by atoms with Gasteiger partial charge in [0.05, 0.1) is 17.2 Å². The number of nitrogens with one attached hydrogen (secondary N) is 2. The van der Waals surface area contributed by atoms with E-state index in [2.05, 4.69) is 15.3 Å². The molecule has 4 N–H and O–H groups in total. The highest BCUT2D eigenvalue weighted by Gasteiger charge is 2.22. The topological polar surface area (TPSA) is 242 Å². The molecule has 0 unspecified atom stereocenters. The molecule has 0 radical (unpaired) electrons. The lowest BCUT2D eigenvalue weighted by atomic mass is 9.94. The first kappa shape index (κ1) is 48.1. The van der Waals surface area contributed by atoms with E-state index in [0.717, 1.165) is 0 Å². The third-order valence-corrected chi connectivity index (χ3v) is 10.3. The lowest BCUT2D eigenvalue weighted by Crippen LogP contribution is -2.37. The molecule has 14 nitrogen and oxygen atoms in total. The molecule has 0 saturated carbocycles. The van der Waals surface area contributed by atoms with Crippen molar-refractivity contribution in [3.63, 3.8) is 0 Å². The van der Waals surface area contributed by atoms with Crippen LogP contribution in [-0.2, 0) is 20.0 Å². The second-order valence-electron chi connectivity index (χ2n) is 14.3. The van der Waals surface area contributed by atoms with Gasteiger partial charge in [-0.3, -0.25) is 0 Å². The number of ether oxygens (including phenoxy) is 1. The van der Waals surface area contributed by atoms with Gasteiger partial charge in [0.15, 0.2) is 5.75 Å². The van der Waals surface area contributed by atoms with E-state index in [0.29, 0.717) is 39.1 Å². The number of hydrogen-bond donors (Lipinski definition) is 3. The lowest BCUT2D eigenvalue weighted by Gasteiger charge is -2.19. The minimum atomic E-state index is -3.82. The summed E-state index contributed by atoms with van der Waals surface area (Å²) in [5.74, 6) is -0.962. The van der Waals surface area contributed by atoms with E-state index in [-0.39, 0.29) is 52.3 Å². The third kappa shape index (κ3) is 15.5. The quantitative estimate of drug-likeness (QED) is 0.124. The molecule has 2 amide bonds. The molecule has 0 spiro atoms. The van der Waals surface area contributed by atoms with Crippen molar-refractivity contribution >= 4 is 31.8 Å². The molecule has 0 bridgehead atoms. The smallest absolute Gasteiger partial charge is 0.332 e. The molecule has 0 saturated heterocycles. The minimum absolute atomic E-state index is 0.0138. The van der Waals surface area contributed by atoms with Gasteiger partial charge < -0.3 is 10.1 Å². The molecule has 4 aromatic rings. The second-order valence-corrected chi connectivity index (χ2v) is 17.8. The zero-order chi connectivity index (χ0) is 44.0. The molecule has 0 aliphatic carbocycles. The van der Waals surface area contributed by atoms with Gasteiger partial charge >= 0.3 is 6.03 Å². The minimum Gasteiger partial charge on any atom is -0.387 e. The monoisotopic (exact) mass is 836 g/mol. The Morgan fingerprint density at radius 1 is 0.741 bits per heavy atom. The zero-order valence-electron chi connectivity index (χ0n) is 33.3. The zero-order valence-corrected chi connectivity index (χ0v) is 35.0. The van der Waals surface area contributed by atoms with Crippen LogP contribution in [0.15, 0.2) is 60.9 Å². The highest BCUT2D eigenvalue weighted by Crippen LogP contribution is 2.38. The number of sulfonamides is 2. The standard InChI is InChI=1S/C20H23FN4O3S.C16H12FN3O.C4H11NO2S/c1-12(2)11-29(27,28)25-20(26)24-19-17(13(3)4)8-15(21)9-18(19)14-5-6-23-16(7-14)10-22;1-10(2)14-6-12(17)7-15(16(14)21-9-19)11-3-4-20-13(5-11)8-18;1-4(2)3-8(5,6)7/h5-9,12-13H,11H2,1-4H3,(H2,24,25,26);3-7,10H,1-2H3;4H,3H2,1-2H3,(H2,5,6,7). The summed E-state index contributed by atoms with van der Waals surface area (Å²) >= 11 is 0. The Balaban J connectivity index is 0.000000348. The average Bonchev–Trinajstić information content (AvgIpc) is 3.11. The molecule has 58 heavy (non-hydrogen) atoms. The molecule has 0 fully saturated rings. The van der Waals surface area contributed by atoms with Crippen molar-refractivity contribution in [2.45, 2.75) is 67.2 Å². The maximum absolute atomic E-state index is 14.3. The third-order valence-electron chi connectivity index (χ3n) is 7.58. The summed E-state index contributed by atoms with van der Waals surface area (Å²) in [7, 11) is -7.04. The van der Waals surface area contributed by atoms with E-state index in [1.807, 2.05) is 58.4 Å². The molecule has 0 aliphatic rings. The summed E-state index contributed by atoms with van der Waals surface area (Å²) in [6.45, 7) is 14.5. The van der Waals surface area contributed by atoms with Gasteiger partial charge in [-0.05, 0) is 88.9 Å². The Bertz CT molecular complexity index is 2440. The van der Waals surface area contributed by atoms with Gasteiger partial charge in [-0.1, -0.05) is 55.4 Å². The van der Waals surface area contributed by atoms with Crippen molar-refractivity contribution in [3.8, 4) is 46.4 Å². The molecular formula is C40H46F2N8O6S2. The van der Waals surface area contributed by atoms with E-state index in [4.69, 9.17) is 25.7 Å². The highest BCUT2D eigenvalue weighted by atomic mass is 32.2. The van der Waals surface area contributed by atoms with Gasteiger partial charge in [-0.15, -0.1) is 5.26 Å². The Morgan fingerprint density at radius 2 is 1.21 bits per heavy atom. The Morgan fingerprint density at radius 3 is 1.62 bits per heavy atom. The average molecular weight is 837 g/mol. The first-order chi connectivity index (χ1) is 27.0. The summed E-state index contributed by atoms with van der Waals surface area (Å²) in [6.07, 6.45) is 4.50. The Labute approximate surface area is 338 Å². The number of anilines is 1. The van der Waals surface area contributed by atoms with E-state index in [9.17, 15) is 30.4 Å². The number of nitrogens with zero attached hydrogens (tertiary/aromatic N) is 5. The summed E-state index contributed by atoms with van der Waals surface area (Å²) in [5, 5.41) is 34.1. The molecule has 2 heterocycles. The number of halogens is 2. The van der Waals surface area contributed by atoms with Crippen LogP contribution in [0.2, 0.25) is 0 Å². The molecule has 2 aromatic heterocycles. The van der Waals surface area contributed by atoms with Gasteiger partial charge in [0.2, 0.25) is 20.0 Å². The summed E-state index contributed by atoms with van der Waals surface area (Å²) in [5.41, 5.74) is 3.51. The van der Waals surface area contributed by atoms with Crippen LogP contribution in [0.4, 0.5) is 19.3 Å². The molecule has 18 heteroatoms. The van der Waals surface area contributed by atoms with Crippen molar-refractivity contribution < 1.29 is 35.1 Å². The lowest BCUT2D eigenvalue weighted by molar-refractivity contribution is 0.256. The van der Waals surface area contributed by atoms with Gasteiger partial charge in [-0.2, -0.15) is 10.5 Å². The van der Waals surface area contributed by atoms with Gasteiger partial charge in [0.25, 0.3) is 6.26 Å². The van der Waals surface area contributed by atoms with Crippen LogP contribution in [-0.4, -0.2) is 44.3 Å². The van der Waals surface area contributed by atoms with Crippen LogP contribution in [0.5, 0.6) is 5.75 Å². The van der Waals surface area contributed by atoms with Crippen LogP contribution in [0.25, 0.3) is 22.3 Å². The number of pyridine rings is 2. The SMILES string of the molecule is CC(C)CS(=O)(=O)NC(=O)Nc1c(-c2ccnc(C#N)c2)cc(F)cc1C(C)C.CC(C)CS(N)(=O)=O.CC(C)c1cc(F)cc(-c2ccnc(C#N)c2)c1OC#N. The Hall–Kier alpha value is -6.00. The first-order valence-corrected chi connectivity index (χ1v) is 21.1. The number of nitriles is 3. The number of carbonyl (C=O) groups excluding carboxylic acids is 1. The van der Waals surface area contributed by atoms with Crippen LogP contribution >= 0.6 is 0 Å². The number of aromatic nitrogens is 2. The fourth-order valence-electron chi connectivity index (χ4n) is 5.41. The van der Waals surface area contributed by atoms with E-state index in [1.165, 1.54) is 48.8 Å². The number of rotatable bonds is 11. The number of urea groups is 1. The van der Waals surface area contributed by atoms with Crippen LogP contribution in [0.3, 0.4) is 0 Å². The first-order valence-electron chi connectivity index (χ1n) is 17.8. The molecule has 0 atom stereocenters. The molecular weight excluding hydrogens is 791 g/mol. The van der Waals surface area contributed by atoms with Crippen molar-refractivity contribution in [1.29, 1.82) is 15.8 Å². The number of nitrogens with two attached hydrogens (primary N) is 1. The van der Waals surface area contributed by atoms with Crippen molar-refractivity contribution in [2.24, 2.45) is 17.0 Å². The van der Waals surface area contributed by atoms with Crippen LogP contribution in [0.1, 0.15) is 89.7 Å². The molecule has 4 rings (SSSR count). The largest absolute Gasteiger partial charge is 0.387 e. The van der Waals surface area contributed by atoms with Crippen molar-refractivity contribution in [1.82, 2.24) is 14.7 Å². The van der Waals surface area contributed by atoms with Crippen LogP contribution < -0.4 is 19.9 Å². The van der Waals surface area contributed by atoms with E-state index in [1.54, 1.807) is 32.2 Å². The fraction of sp³-hybridized carbons (Fsp3) is 0.350. The number of benzene rings is 2. The van der Waals surface area contributed by atoms with E-state index < -0.39 is 37.7 Å². The van der Waals surface area contributed by atoms with Crippen molar-refractivity contribution in [3.05, 3.63) is 95.1 Å². The number of hydrogen-bond acceptors (Lipinski definition) is 11. The maximum atomic E-state index is 14.3. The summed E-state index contributed by atoms with van der Waals surface area (Å²) < 4.78 is 79.8. The van der Waals surface area contributed by atoms with Gasteiger partial charge in [0, 0.05) is 29.1 Å². The summed E-state index contributed by atoms with van der Waals surface area (Å²) in [4.78, 5) is 20.2. The molecule has 0 aliphatic heterocycles. The van der Waals surface area contributed by atoms with Gasteiger partial charge in [-0.25, -0.2) is 50.2 Å². The molecule has 2 aromatic carbocycles. The maximum Gasteiger partial charge on any atom is 0.332 e. The number of amides is 2. The number of carbonyl (C=O) groups is 1. The summed E-state index contributed by atoms with van der Waals surface area (Å²) in [6, 6.07) is 14.3. The van der Waals surface area contributed by atoms with Crippen LogP contribution in [0, 0.1) is 57.6 Å². The van der Waals surface area contributed by atoms with Crippen molar-refractivity contribution in [2.75, 3.05) is 16.8 Å². The molecule has 308 valence electrons.